The number of carbonyl (C=O) groups is 1. The van der Waals surface area contributed by atoms with Crippen LogP contribution in [0.1, 0.15) is 37.9 Å². The predicted molar refractivity (Wildman–Crippen MR) is 102 cm³/mol. The minimum atomic E-state index is 0.0438. The molecule has 0 aromatic carbocycles. The van der Waals surface area contributed by atoms with E-state index in [0.29, 0.717) is 6.42 Å². The van der Waals surface area contributed by atoms with Crippen molar-refractivity contribution in [1.29, 1.82) is 0 Å². The number of hydrogen-bond acceptors (Lipinski definition) is 5. The first kappa shape index (κ1) is 17.6. The average Bonchev–Trinajstić information content (AvgIpc) is 3.16. The summed E-state index contributed by atoms with van der Waals surface area (Å²) in [6, 6.07) is 2.07. The van der Waals surface area contributed by atoms with Crippen LogP contribution in [0.3, 0.4) is 0 Å². The van der Waals surface area contributed by atoms with Crippen molar-refractivity contribution in [2.75, 3.05) is 18.4 Å². The van der Waals surface area contributed by atoms with Gasteiger partial charge in [0, 0.05) is 31.4 Å². The van der Waals surface area contributed by atoms with Crippen LogP contribution in [0.4, 0.5) is 5.13 Å². The van der Waals surface area contributed by atoms with E-state index in [4.69, 9.17) is 0 Å². The Morgan fingerprint density at radius 3 is 2.83 bits per heavy atom. The Morgan fingerprint density at radius 2 is 2.12 bits per heavy atom. The molecule has 2 aromatic rings. The van der Waals surface area contributed by atoms with Gasteiger partial charge in [-0.25, -0.2) is 4.98 Å². The Labute approximate surface area is 151 Å². The molecule has 3 rings (SSSR count). The fourth-order valence-corrected chi connectivity index (χ4v) is 4.88. The molecular formula is C18H25N3OS2. The predicted octanol–water partition coefficient (Wildman–Crippen LogP) is 4.25. The van der Waals surface area contributed by atoms with E-state index >= 15 is 0 Å². The van der Waals surface area contributed by atoms with Gasteiger partial charge in [-0.05, 0) is 47.1 Å². The molecular weight excluding hydrogens is 338 g/mol. The number of aromatic nitrogens is 1. The second-order valence-electron chi connectivity index (χ2n) is 6.96. The molecule has 0 unspecified atom stereocenters. The van der Waals surface area contributed by atoms with Crippen molar-refractivity contribution in [3.63, 3.8) is 0 Å². The van der Waals surface area contributed by atoms with Gasteiger partial charge in [-0.15, -0.1) is 11.3 Å². The van der Waals surface area contributed by atoms with Gasteiger partial charge in [0.1, 0.15) is 0 Å². The molecule has 1 amide bonds. The van der Waals surface area contributed by atoms with Crippen molar-refractivity contribution in [3.05, 3.63) is 33.5 Å². The van der Waals surface area contributed by atoms with E-state index < -0.39 is 0 Å². The highest BCUT2D eigenvalue weighted by molar-refractivity contribution is 7.13. The minimum absolute atomic E-state index is 0.0438. The first-order chi connectivity index (χ1) is 11.6. The Kier molecular flexibility index (Phi) is 6.03. The third-order valence-corrected chi connectivity index (χ3v) is 5.89. The van der Waals surface area contributed by atoms with E-state index in [9.17, 15) is 4.79 Å². The highest BCUT2D eigenvalue weighted by atomic mass is 32.1. The first-order valence-electron chi connectivity index (χ1n) is 8.56. The van der Waals surface area contributed by atoms with Crippen molar-refractivity contribution in [3.8, 4) is 0 Å². The molecule has 0 saturated carbocycles. The molecule has 0 radical (unpaired) electrons. The lowest BCUT2D eigenvalue weighted by Crippen LogP contribution is -2.38. The van der Waals surface area contributed by atoms with Crippen molar-refractivity contribution in [2.45, 2.75) is 39.7 Å². The number of rotatable bonds is 6. The highest BCUT2D eigenvalue weighted by Crippen LogP contribution is 2.24. The zero-order valence-corrected chi connectivity index (χ0v) is 16.0. The van der Waals surface area contributed by atoms with Gasteiger partial charge in [0.25, 0.3) is 0 Å². The molecule has 0 spiro atoms. The Morgan fingerprint density at radius 1 is 1.33 bits per heavy atom. The van der Waals surface area contributed by atoms with Crippen LogP contribution in [0.25, 0.3) is 0 Å². The maximum Gasteiger partial charge on any atom is 0.226 e. The zero-order chi connectivity index (χ0) is 16.9. The largest absolute Gasteiger partial charge is 0.302 e. The smallest absolute Gasteiger partial charge is 0.226 e. The molecule has 0 bridgehead atoms. The average molecular weight is 364 g/mol. The molecule has 6 heteroatoms. The first-order valence-corrected chi connectivity index (χ1v) is 10.4. The van der Waals surface area contributed by atoms with E-state index in [0.717, 1.165) is 48.7 Å². The quantitative estimate of drug-likeness (QED) is 0.834. The van der Waals surface area contributed by atoms with Gasteiger partial charge in [0.2, 0.25) is 5.91 Å². The lowest BCUT2D eigenvalue weighted by Gasteiger charge is -2.34. The second-order valence-corrected chi connectivity index (χ2v) is 8.60. The molecule has 2 atom stereocenters. The molecule has 1 fully saturated rings. The minimum Gasteiger partial charge on any atom is -0.302 e. The molecule has 4 nitrogen and oxygen atoms in total. The lowest BCUT2D eigenvalue weighted by atomic mass is 9.92. The second kappa shape index (κ2) is 8.23. The maximum absolute atomic E-state index is 12.0. The number of likely N-dealkylation sites (tertiary alicyclic amines) is 1. The monoisotopic (exact) mass is 363 g/mol. The van der Waals surface area contributed by atoms with Crippen LogP contribution in [0.5, 0.6) is 0 Å². The summed E-state index contributed by atoms with van der Waals surface area (Å²) in [5.41, 5.74) is 2.29. The number of thiazole rings is 1. The number of amides is 1. The summed E-state index contributed by atoms with van der Waals surface area (Å²) < 4.78 is 0. The molecule has 1 aliphatic rings. The maximum atomic E-state index is 12.0. The zero-order valence-electron chi connectivity index (χ0n) is 14.3. The molecule has 1 aliphatic heterocycles. The van der Waals surface area contributed by atoms with Gasteiger partial charge < -0.3 is 5.32 Å². The highest BCUT2D eigenvalue weighted by Gasteiger charge is 2.22. The van der Waals surface area contributed by atoms with Crippen molar-refractivity contribution >= 4 is 33.7 Å². The summed E-state index contributed by atoms with van der Waals surface area (Å²) in [6.07, 6.45) is 2.61. The SMILES string of the molecule is C[C@@H]1C[C@H](C)CN(Cc2csc(NC(=O)CCc3ccsc3)n2)C1. The van der Waals surface area contributed by atoms with Crippen molar-refractivity contribution < 1.29 is 4.79 Å². The third kappa shape index (κ3) is 5.13. The summed E-state index contributed by atoms with van der Waals surface area (Å²) in [5, 5.41) is 9.86. The molecule has 1 N–H and O–H groups in total. The van der Waals surface area contributed by atoms with Crippen LogP contribution in [-0.4, -0.2) is 28.9 Å². The molecule has 2 aromatic heterocycles. The summed E-state index contributed by atoms with van der Waals surface area (Å²) in [7, 11) is 0. The Hall–Kier alpha value is -1.24. The molecule has 1 saturated heterocycles. The van der Waals surface area contributed by atoms with Gasteiger partial charge in [-0.1, -0.05) is 13.8 Å². The van der Waals surface area contributed by atoms with E-state index in [1.165, 1.54) is 23.3 Å². The summed E-state index contributed by atoms with van der Waals surface area (Å²) in [4.78, 5) is 19.1. The Bertz CT molecular complexity index is 643. The fourth-order valence-electron chi connectivity index (χ4n) is 3.46. The normalized spacial score (nSPS) is 21.8. The third-order valence-electron chi connectivity index (χ3n) is 4.35. The van der Waals surface area contributed by atoms with E-state index in [1.54, 1.807) is 11.3 Å². The number of nitrogens with zero attached hydrogens (tertiary/aromatic N) is 2. The van der Waals surface area contributed by atoms with Gasteiger partial charge >= 0.3 is 0 Å². The lowest BCUT2D eigenvalue weighted by molar-refractivity contribution is -0.116. The van der Waals surface area contributed by atoms with Crippen LogP contribution in [0.15, 0.2) is 22.2 Å². The number of hydrogen-bond donors (Lipinski definition) is 1. The summed E-state index contributed by atoms with van der Waals surface area (Å²) in [6.45, 7) is 7.82. The number of piperidine rings is 1. The van der Waals surface area contributed by atoms with Crippen molar-refractivity contribution in [2.24, 2.45) is 11.8 Å². The van der Waals surface area contributed by atoms with Crippen LogP contribution in [0, 0.1) is 11.8 Å². The number of thiophene rings is 1. The van der Waals surface area contributed by atoms with Gasteiger partial charge in [-0.2, -0.15) is 11.3 Å². The molecule has 3 heterocycles. The van der Waals surface area contributed by atoms with E-state index in [-0.39, 0.29) is 5.91 Å². The summed E-state index contributed by atoms with van der Waals surface area (Å²) in [5.74, 6) is 1.55. The fraction of sp³-hybridized carbons (Fsp3) is 0.556. The van der Waals surface area contributed by atoms with Crippen LogP contribution < -0.4 is 5.32 Å². The molecule has 24 heavy (non-hydrogen) atoms. The van der Waals surface area contributed by atoms with Crippen molar-refractivity contribution in [1.82, 2.24) is 9.88 Å². The topological polar surface area (TPSA) is 45.2 Å². The van der Waals surface area contributed by atoms with Crippen LogP contribution in [0.2, 0.25) is 0 Å². The van der Waals surface area contributed by atoms with Gasteiger partial charge in [0.05, 0.1) is 5.69 Å². The number of carbonyl (C=O) groups excluding carboxylic acids is 1. The van der Waals surface area contributed by atoms with Gasteiger partial charge in [-0.3, -0.25) is 9.69 Å². The van der Waals surface area contributed by atoms with Crippen LogP contribution >= 0.6 is 22.7 Å². The van der Waals surface area contributed by atoms with E-state index in [2.05, 4.69) is 45.9 Å². The summed E-state index contributed by atoms with van der Waals surface area (Å²) >= 11 is 3.19. The van der Waals surface area contributed by atoms with Gasteiger partial charge in [0.15, 0.2) is 5.13 Å². The van der Waals surface area contributed by atoms with E-state index in [1.807, 2.05) is 5.38 Å². The number of nitrogens with one attached hydrogen (secondary N) is 1. The Balaban J connectivity index is 1.47. The standard InChI is InChI=1S/C18H25N3OS2/c1-13-7-14(2)9-21(8-13)10-16-12-24-18(19-16)20-17(22)4-3-15-5-6-23-11-15/h5-6,11-14H,3-4,7-10H2,1-2H3,(H,19,20,22)/t13-,14+. The van der Waals surface area contributed by atoms with Crippen LogP contribution in [-0.2, 0) is 17.8 Å². The number of aryl methyl sites for hydroxylation is 1. The molecule has 0 aliphatic carbocycles. The number of anilines is 1. The molecule has 130 valence electrons.